The molecule has 0 saturated carbocycles. The van der Waals surface area contributed by atoms with Crippen LogP contribution in [0.25, 0.3) is 10.2 Å². The molecule has 1 N–H and O–H groups in total. The van der Waals surface area contributed by atoms with E-state index in [0.29, 0.717) is 0 Å². The van der Waals surface area contributed by atoms with Crippen molar-refractivity contribution in [1.29, 1.82) is 0 Å². The van der Waals surface area contributed by atoms with Gasteiger partial charge in [0, 0.05) is 11.9 Å². The van der Waals surface area contributed by atoms with E-state index in [4.69, 9.17) is 4.98 Å². The van der Waals surface area contributed by atoms with Crippen LogP contribution in [0.3, 0.4) is 0 Å². The molecular formula is C18H26N3OS2+. The van der Waals surface area contributed by atoms with Crippen molar-refractivity contribution in [2.45, 2.75) is 50.1 Å². The van der Waals surface area contributed by atoms with Gasteiger partial charge in [-0.2, -0.15) is 0 Å². The number of piperidine rings is 1. The first-order valence-corrected chi connectivity index (χ1v) is 11.0. The molecule has 0 spiro atoms. The number of nitrogens with zero attached hydrogens (tertiary/aromatic N) is 2. The van der Waals surface area contributed by atoms with Crippen molar-refractivity contribution in [2.75, 3.05) is 25.4 Å². The second-order valence-corrected chi connectivity index (χ2v) is 9.20. The van der Waals surface area contributed by atoms with Crippen LogP contribution < -0.4 is 10.5 Å². The number of nitrogens with one attached hydrogen (secondary N) is 1. The van der Waals surface area contributed by atoms with Gasteiger partial charge >= 0.3 is 0 Å². The van der Waals surface area contributed by atoms with Crippen molar-refractivity contribution in [3.8, 4) is 0 Å². The third-order valence-electron chi connectivity index (χ3n) is 5.40. The molecule has 0 aromatic carbocycles. The molecular weight excluding hydrogens is 338 g/mol. The Morgan fingerprint density at radius 3 is 2.79 bits per heavy atom. The number of aromatic nitrogens is 2. The van der Waals surface area contributed by atoms with Gasteiger partial charge in [-0.25, -0.2) is 4.98 Å². The van der Waals surface area contributed by atoms with Crippen molar-refractivity contribution in [1.82, 2.24) is 9.55 Å². The number of thiophene rings is 1. The van der Waals surface area contributed by atoms with Gasteiger partial charge in [-0.3, -0.25) is 9.36 Å². The van der Waals surface area contributed by atoms with Gasteiger partial charge in [0.25, 0.3) is 5.56 Å². The van der Waals surface area contributed by atoms with Crippen molar-refractivity contribution >= 4 is 33.3 Å². The summed E-state index contributed by atoms with van der Waals surface area (Å²) in [6, 6.07) is 0. The van der Waals surface area contributed by atoms with Crippen LogP contribution in [0.5, 0.6) is 0 Å². The Morgan fingerprint density at radius 1 is 1.17 bits per heavy atom. The summed E-state index contributed by atoms with van der Waals surface area (Å²) in [6.07, 6.45) is 8.76. The summed E-state index contributed by atoms with van der Waals surface area (Å²) in [4.78, 5) is 21.8. The zero-order valence-corrected chi connectivity index (χ0v) is 16.0. The molecule has 2 aromatic heterocycles. The Hall–Kier alpha value is -0.850. The zero-order valence-electron chi connectivity index (χ0n) is 14.4. The molecule has 2 aromatic rings. The topological polar surface area (TPSA) is 39.3 Å². The second-order valence-electron chi connectivity index (χ2n) is 7.06. The lowest BCUT2D eigenvalue weighted by molar-refractivity contribution is -0.902. The fourth-order valence-corrected chi connectivity index (χ4v) is 6.30. The molecule has 0 bridgehead atoms. The lowest BCUT2D eigenvalue weighted by Gasteiger charge is -2.23. The predicted molar refractivity (Wildman–Crippen MR) is 102 cm³/mol. The molecule has 2 aliphatic rings. The maximum absolute atomic E-state index is 12.9. The second kappa shape index (κ2) is 7.18. The highest BCUT2D eigenvalue weighted by Gasteiger charge is 2.21. The summed E-state index contributed by atoms with van der Waals surface area (Å²) in [5.41, 5.74) is 1.45. The average Bonchev–Trinajstić information content (AvgIpc) is 2.98. The van der Waals surface area contributed by atoms with Crippen LogP contribution in [0.15, 0.2) is 9.95 Å². The van der Waals surface area contributed by atoms with Crippen molar-refractivity contribution in [2.24, 2.45) is 7.05 Å². The van der Waals surface area contributed by atoms with E-state index in [1.165, 1.54) is 62.2 Å². The predicted octanol–water partition coefficient (Wildman–Crippen LogP) is 2.03. The summed E-state index contributed by atoms with van der Waals surface area (Å²) in [6.45, 7) is 3.80. The maximum Gasteiger partial charge on any atom is 0.262 e. The smallest absolute Gasteiger partial charge is 0.262 e. The Morgan fingerprint density at radius 2 is 1.96 bits per heavy atom. The van der Waals surface area contributed by atoms with Gasteiger partial charge in [0.1, 0.15) is 4.83 Å². The summed E-state index contributed by atoms with van der Waals surface area (Å²) >= 11 is 3.51. The Balaban J connectivity index is 1.55. The standard InChI is InChI=1S/C18H25N3OS2/c1-20-17(22)15-13-7-3-4-8-14(13)24-16(15)19-18(20)23-12-11-21-9-5-2-6-10-21/h2-12H2,1H3/p+1. The number of thioether (sulfide) groups is 1. The van der Waals surface area contributed by atoms with E-state index in [9.17, 15) is 4.79 Å². The van der Waals surface area contributed by atoms with Crippen LogP contribution in [0.4, 0.5) is 0 Å². The highest BCUT2D eigenvalue weighted by Crippen LogP contribution is 2.34. The molecule has 3 heterocycles. The minimum absolute atomic E-state index is 0.159. The van der Waals surface area contributed by atoms with Crippen LogP contribution in [0.2, 0.25) is 0 Å². The number of hydrogen-bond acceptors (Lipinski definition) is 4. The molecule has 130 valence electrons. The summed E-state index contributed by atoms with van der Waals surface area (Å²) in [5, 5.41) is 1.80. The van der Waals surface area contributed by atoms with Crippen LogP contribution in [0.1, 0.15) is 42.5 Å². The number of likely N-dealkylation sites (tertiary alicyclic amines) is 1. The molecule has 1 saturated heterocycles. The quantitative estimate of drug-likeness (QED) is 0.667. The molecule has 1 aliphatic carbocycles. The number of quaternary nitrogens is 1. The van der Waals surface area contributed by atoms with Crippen molar-refractivity contribution in [3.63, 3.8) is 0 Å². The molecule has 4 rings (SSSR count). The normalized spacial score (nSPS) is 18.9. The van der Waals surface area contributed by atoms with Gasteiger partial charge in [-0.15, -0.1) is 11.3 Å². The van der Waals surface area contributed by atoms with Crippen molar-refractivity contribution in [3.05, 3.63) is 20.8 Å². The third-order valence-corrected chi connectivity index (χ3v) is 7.62. The SMILES string of the molecule is Cn1c(SCC[NH+]2CCCCC2)nc2sc3c(c2c1=O)CCCC3. The molecule has 1 aliphatic heterocycles. The van der Waals surface area contributed by atoms with E-state index in [-0.39, 0.29) is 5.56 Å². The number of hydrogen-bond donors (Lipinski definition) is 1. The van der Waals surface area contributed by atoms with Crippen molar-refractivity contribution < 1.29 is 4.90 Å². The van der Waals surface area contributed by atoms with Crippen LogP contribution in [-0.4, -0.2) is 34.9 Å². The van der Waals surface area contributed by atoms with Gasteiger partial charge in [-0.05, 0) is 50.5 Å². The van der Waals surface area contributed by atoms with Gasteiger partial charge in [0.2, 0.25) is 0 Å². The molecule has 0 radical (unpaired) electrons. The summed E-state index contributed by atoms with van der Waals surface area (Å²) < 4.78 is 1.78. The molecule has 0 atom stereocenters. The van der Waals surface area contributed by atoms with E-state index in [0.717, 1.165) is 34.0 Å². The van der Waals surface area contributed by atoms with E-state index in [1.807, 2.05) is 7.05 Å². The molecule has 0 amide bonds. The highest BCUT2D eigenvalue weighted by atomic mass is 32.2. The average molecular weight is 365 g/mol. The third kappa shape index (κ3) is 3.16. The molecule has 1 fully saturated rings. The summed E-state index contributed by atoms with van der Waals surface area (Å²) in [7, 11) is 1.89. The van der Waals surface area contributed by atoms with E-state index < -0.39 is 0 Å². The maximum atomic E-state index is 12.9. The molecule has 6 heteroatoms. The minimum atomic E-state index is 0.159. The first kappa shape index (κ1) is 16.6. The number of aryl methyl sites for hydroxylation is 2. The lowest BCUT2D eigenvalue weighted by atomic mass is 9.97. The minimum Gasteiger partial charge on any atom is -0.334 e. The fraction of sp³-hybridized carbons (Fsp3) is 0.667. The molecule has 4 nitrogen and oxygen atoms in total. The summed E-state index contributed by atoms with van der Waals surface area (Å²) in [5.74, 6) is 1.05. The largest absolute Gasteiger partial charge is 0.334 e. The Kier molecular flexibility index (Phi) is 4.97. The van der Waals surface area contributed by atoms with Crippen LogP contribution >= 0.6 is 23.1 Å². The van der Waals surface area contributed by atoms with E-state index in [1.54, 1.807) is 32.6 Å². The Labute approximate surface area is 151 Å². The van der Waals surface area contributed by atoms with Gasteiger partial charge in [0.05, 0.1) is 30.8 Å². The van der Waals surface area contributed by atoms with Crippen LogP contribution in [0, 0.1) is 0 Å². The van der Waals surface area contributed by atoms with Crippen LogP contribution in [-0.2, 0) is 19.9 Å². The van der Waals surface area contributed by atoms with Gasteiger partial charge in [-0.1, -0.05) is 11.8 Å². The molecule has 0 unspecified atom stereocenters. The van der Waals surface area contributed by atoms with Gasteiger partial charge < -0.3 is 4.90 Å². The fourth-order valence-electron chi connectivity index (χ4n) is 3.98. The lowest BCUT2D eigenvalue weighted by Crippen LogP contribution is -3.13. The van der Waals surface area contributed by atoms with Gasteiger partial charge in [0.15, 0.2) is 5.16 Å². The monoisotopic (exact) mass is 364 g/mol. The highest BCUT2D eigenvalue weighted by molar-refractivity contribution is 7.99. The molecule has 24 heavy (non-hydrogen) atoms. The Bertz CT molecular complexity index is 790. The first-order chi connectivity index (χ1) is 11.7. The van der Waals surface area contributed by atoms with E-state index >= 15 is 0 Å². The van der Waals surface area contributed by atoms with E-state index in [2.05, 4.69) is 0 Å². The first-order valence-electron chi connectivity index (χ1n) is 9.21. The number of rotatable bonds is 4. The number of fused-ring (bicyclic) bond motifs is 3. The zero-order chi connectivity index (χ0) is 16.5.